The number of hydrogen-bond acceptors (Lipinski definition) is 6. The predicted molar refractivity (Wildman–Crippen MR) is 131 cm³/mol. The third-order valence-corrected chi connectivity index (χ3v) is 7.41. The molecule has 0 radical (unpaired) electrons. The Labute approximate surface area is 196 Å². The van der Waals surface area contributed by atoms with E-state index in [1.54, 1.807) is 11.8 Å². The van der Waals surface area contributed by atoms with Crippen LogP contribution in [0.15, 0.2) is 47.4 Å². The van der Waals surface area contributed by atoms with Crippen molar-refractivity contribution in [3.05, 3.63) is 53.1 Å². The van der Waals surface area contributed by atoms with Crippen LogP contribution in [-0.2, 0) is 4.74 Å². The lowest BCUT2D eigenvalue weighted by molar-refractivity contribution is 0.0376. The SMILES string of the molecule is CCSc1cccc(C(=O)N(CCCN2CCOCC2)c2nc3c(Cl)cccc3s2)c1. The molecular weight excluding hydrogens is 450 g/mol. The maximum Gasteiger partial charge on any atom is 0.260 e. The van der Waals surface area contributed by atoms with Crippen molar-refractivity contribution >= 4 is 56.0 Å². The quantitative estimate of drug-likeness (QED) is 0.406. The standard InChI is InChI=1S/C23H26ClN3O2S2/c1-2-30-18-7-3-6-17(16-18)22(28)27(11-5-10-26-12-14-29-15-13-26)23-25-21-19(24)8-4-9-20(21)31-23/h3-4,6-9,16H,2,5,10-15H2,1H3. The third kappa shape index (κ3) is 5.59. The molecule has 8 heteroatoms. The molecule has 1 amide bonds. The van der Waals surface area contributed by atoms with Gasteiger partial charge in [0.05, 0.1) is 22.9 Å². The molecule has 1 aliphatic heterocycles. The lowest BCUT2D eigenvalue weighted by Crippen LogP contribution is -2.39. The summed E-state index contributed by atoms with van der Waals surface area (Å²) >= 11 is 9.60. The Morgan fingerprint density at radius 1 is 1.26 bits per heavy atom. The predicted octanol–water partition coefficient (Wildman–Crippen LogP) is 5.43. The molecule has 0 unspecified atom stereocenters. The van der Waals surface area contributed by atoms with Gasteiger partial charge in [-0.3, -0.25) is 14.6 Å². The Balaban J connectivity index is 1.58. The molecule has 5 nitrogen and oxygen atoms in total. The molecule has 1 aliphatic rings. The third-order valence-electron chi connectivity index (χ3n) is 5.19. The number of thiazole rings is 1. The van der Waals surface area contributed by atoms with Crippen LogP contribution in [0.2, 0.25) is 5.02 Å². The van der Waals surface area contributed by atoms with Crippen molar-refractivity contribution in [2.45, 2.75) is 18.2 Å². The summed E-state index contributed by atoms with van der Waals surface area (Å²) in [5.41, 5.74) is 1.45. The second kappa shape index (κ2) is 10.8. The molecule has 0 atom stereocenters. The number of nitrogens with zero attached hydrogens (tertiary/aromatic N) is 3. The molecule has 0 N–H and O–H groups in total. The van der Waals surface area contributed by atoms with Gasteiger partial charge in [-0.2, -0.15) is 0 Å². The van der Waals surface area contributed by atoms with Crippen molar-refractivity contribution in [3.63, 3.8) is 0 Å². The number of morpholine rings is 1. The average molecular weight is 476 g/mol. The van der Waals surface area contributed by atoms with E-state index in [-0.39, 0.29) is 5.91 Å². The molecule has 0 spiro atoms. The number of anilines is 1. The normalized spacial score (nSPS) is 14.8. The summed E-state index contributed by atoms with van der Waals surface area (Å²) in [4.78, 5) is 23.6. The summed E-state index contributed by atoms with van der Waals surface area (Å²) in [7, 11) is 0. The molecule has 31 heavy (non-hydrogen) atoms. The van der Waals surface area contributed by atoms with Crippen molar-refractivity contribution in [2.75, 3.05) is 50.0 Å². The van der Waals surface area contributed by atoms with E-state index in [4.69, 9.17) is 21.3 Å². The van der Waals surface area contributed by atoms with Gasteiger partial charge in [0, 0.05) is 36.6 Å². The van der Waals surface area contributed by atoms with Gasteiger partial charge in [-0.15, -0.1) is 11.8 Å². The molecule has 4 rings (SSSR count). The van der Waals surface area contributed by atoms with Gasteiger partial charge >= 0.3 is 0 Å². The number of thioether (sulfide) groups is 1. The minimum atomic E-state index is -0.0179. The number of carbonyl (C=O) groups excluding carboxylic acids is 1. The van der Waals surface area contributed by atoms with E-state index in [1.807, 2.05) is 47.4 Å². The lowest BCUT2D eigenvalue weighted by Gasteiger charge is -2.27. The molecule has 1 aromatic heterocycles. The average Bonchev–Trinajstić information content (AvgIpc) is 3.23. The minimum Gasteiger partial charge on any atom is -0.379 e. The van der Waals surface area contributed by atoms with Crippen LogP contribution in [0, 0.1) is 0 Å². The number of rotatable bonds is 8. The first kappa shape index (κ1) is 22.6. The Bertz CT molecular complexity index is 1040. The van der Waals surface area contributed by atoms with Crippen molar-refractivity contribution in [2.24, 2.45) is 0 Å². The van der Waals surface area contributed by atoms with Crippen LogP contribution in [0.25, 0.3) is 10.2 Å². The molecule has 2 heterocycles. The first-order valence-electron chi connectivity index (χ1n) is 10.6. The Morgan fingerprint density at radius 3 is 2.84 bits per heavy atom. The van der Waals surface area contributed by atoms with E-state index in [9.17, 15) is 4.79 Å². The van der Waals surface area contributed by atoms with E-state index < -0.39 is 0 Å². The molecule has 0 saturated carbocycles. The van der Waals surface area contributed by atoms with Gasteiger partial charge in [0.25, 0.3) is 5.91 Å². The van der Waals surface area contributed by atoms with E-state index in [0.717, 1.165) is 60.1 Å². The number of ether oxygens (including phenoxy) is 1. The fourth-order valence-electron chi connectivity index (χ4n) is 3.62. The molecule has 0 bridgehead atoms. The van der Waals surface area contributed by atoms with E-state index >= 15 is 0 Å². The first-order valence-corrected chi connectivity index (χ1v) is 12.7. The van der Waals surface area contributed by atoms with Crippen LogP contribution >= 0.6 is 34.7 Å². The topological polar surface area (TPSA) is 45.7 Å². The zero-order valence-electron chi connectivity index (χ0n) is 17.6. The molecule has 1 fully saturated rings. The fourth-order valence-corrected chi connectivity index (χ4v) is 5.63. The van der Waals surface area contributed by atoms with Gasteiger partial charge in [-0.1, -0.05) is 42.0 Å². The maximum absolute atomic E-state index is 13.6. The summed E-state index contributed by atoms with van der Waals surface area (Å²) in [5.74, 6) is 0.952. The molecule has 1 saturated heterocycles. The summed E-state index contributed by atoms with van der Waals surface area (Å²) in [6.45, 7) is 7.11. The molecule has 3 aromatic rings. The zero-order chi connectivity index (χ0) is 21.6. The highest BCUT2D eigenvalue weighted by Crippen LogP contribution is 2.33. The Morgan fingerprint density at radius 2 is 2.06 bits per heavy atom. The molecular formula is C23H26ClN3O2S2. The highest BCUT2D eigenvalue weighted by atomic mass is 35.5. The smallest absolute Gasteiger partial charge is 0.260 e. The lowest BCUT2D eigenvalue weighted by atomic mass is 10.2. The van der Waals surface area contributed by atoms with Gasteiger partial charge in [-0.05, 0) is 42.5 Å². The second-order valence-corrected chi connectivity index (χ2v) is 10.1. The van der Waals surface area contributed by atoms with E-state index in [0.29, 0.717) is 22.3 Å². The maximum atomic E-state index is 13.6. The van der Waals surface area contributed by atoms with Crippen molar-refractivity contribution in [1.82, 2.24) is 9.88 Å². The number of halogens is 1. The summed E-state index contributed by atoms with van der Waals surface area (Å²) in [5, 5.41) is 1.31. The van der Waals surface area contributed by atoms with Crippen LogP contribution < -0.4 is 4.90 Å². The van der Waals surface area contributed by atoms with Crippen LogP contribution in [0.1, 0.15) is 23.7 Å². The van der Waals surface area contributed by atoms with Gasteiger partial charge < -0.3 is 4.74 Å². The van der Waals surface area contributed by atoms with Gasteiger partial charge in [0.1, 0.15) is 5.52 Å². The van der Waals surface area contributed by atoms with Crippen LogP contribution in [0.3, 0.4) is 0 Å². The number of amides is 1. The van der Waals surface area contributed by atoms with Crippen LogP contribution in [0.4, 0.5) is 5.13 Å². The second-order valence-electron chi connectivity index (χ2n) is 7.31. The number of benzene rings is 2. The van der Waals surface area contributed by atoms with Gasteiger partial charge in [0.15, 0.2) is 5.13 Å². The largest absolute Gasteiger partial charge is 0.379 e. The fraction of sp³-hybridized carbons (Fsp3) is 0.391. The van der Waals surface area contributed by atoms with Crippen molar-refractivity contribution in [1.29, 1.82) is 0 Å². The van der Waals surface area contributed by atoms with Crippen molar-refractivity contribution < 1.29 is 9.53 Å². The minimum absolute atomic E-state index is 0.0179. The number of carbonyl (C=O) groups is 1. The van der Waals surface area contributed by atoms with Gasteiger partial charge in [-0.25, -0.2) is 4.98 Å². The van der Waals surface area contributed by atoms with E-state index in [2.05, 4.69) is 11.8 Å². The molecule has 164 valence electrons. The zero-order valence-corrected chi connectivity index (χ0v) is 19.9. The number of aromatic nitrogens is 1. The van der Waals surface area contributed by atoms with Crippen LogP contribution in [-0.4, -0.2) is 60.9 Å². The summed E-state index contributed by atoms with van der Waals surface area (Å²) < 4.78 is 6.43. The molecule has 0 aliphatic carbocycles. The molecule has 2 aromatic carbocycles. The summed E-state index contributed by atoms with van der Waals surface area (Å²) in [6.07, 6.45) is 0.874. The van der Waals surface area contributed by atoms with Crippen LogP contribution in [0.5, 0.6) is 0 Å². The number of hydrogen-bond donors (Lipinski definition) is 0. The Kier molecular flexibility index (Phi) is 7.85. The first-order chi connectivity index (χ1) is 15.2. The Hall–Kier alpha value is -1.64. The number of para-hydroxylation sites is 1. The van der Waals surface area contributed by atoms with Gasteiger partial charge in [0.2, 0.25) is 0 Å². The summed E-state index contributed by atoms with van der Waals surface area (Å²) in [6, 6.07) is 13.6. The van der Waals surface area contributed by atoms with E-state index in [1.165, 1.54) is 11.3 Å². The van der Waals surface area contributed by atoms with Crippen molar-refractivity contribution in [3.8, 4) is 0 Å². The number of fused-ring (bicyclic) bond motifs is 1. The monoisotopic (exact) mass is 475 g/mol. The highest BCUT2D eigenvalue weighted by molar-refractivity contribution is 7.99. The highest BCUT2D eigenvalue weighted by Gasteiger charge is 2.22.